The Labute approximate surface area is 238 Å². The molecule has 1 aliphatic rings. The van der Waals surface area contributed by atoms with Crippen LogP contribution in [0.5, 0.6) is 5.75 Å². The molecule has 0 radical (unpaired) electrons. The molecule has 0 bridgehead atoms. The fourth-order valence-corrected chi connectivity index (χ4v) is 4.59. The summed E-state index contributed by atoms with van der Waals surface area (Å²) in [7, 11) is -2.99. The summed E-state index contributed by atoms with van der Waals surface area (Å²) in [6.07, 6.45) is -1.96. The first kappa shape index (κ1) is 28.3. The molecule has 13 heteroatoms. The first-order valence-electron chi connectivity index (χ1n) is 14.1. The minimum absolute atomic E-state index is 0.0277. The number of nitriles is 1. The van der Waals surface area contributed by atoms with Crippen LogP contribution >= 0.6 is 0 Å². The quantitative estimate of drug-likeness (QED) is 0.407. The first-order valence-corrected chi connectivity index (χ1v) is 13.3. The van der Waals surface area contributed by atoms with E-state index in [-0.39, 0.29) is 35.8 Å². The second-order valence-corrected chi connectivity index (χ2v) is 10.8. The Morgan fingerprint density at radius 1 is 1.32 bits per heavy atom. The molecule has 1 N–H and O–H groups in total. The highest BCUT2D eigenvalue weighted by atomic mass is 32.1. The van der Waals surface area contributed by atoms with Gasteiger partial charge in [-0.15, -0.1) is 0 Å². The molecule has 1 fully saturated rings. The van der Waals surface area contributed by atoms with Crippen LogP contribution in [0.1, 0.15) is 79.4 Å². The number of nitrogens with zero attached hydrogens (tertiary/aromatic N) is 3. The molecule has 0 spiro atoms. The highest BCUT2D eigenvalue weighted by Crippen LogP contribution is 2.41. The van der Waals surface area contributed by atoms with Crippen LogP contribution in [0.3, 0.4) is 0 Å². The Kier molecular flexibility index (Phi) is 9.46. The SMILES string of the molecule is O=S=O.[2H]C([2H])([2H])Oc1cc(CC(C)(C)C(F)(F)F)ccc1-n1c(CC)nc(C(=O)NCC2(C#N)CCC(C)CC2)c1F. The number of benzene rings is 1. The molecule has 220 valence electrons. The zero-order chi connectivity index (χ0) is 32.8. The zero-order valence-electron chi connectivity index (χ0n) is 25.7. The molecule has 40 heavy (non-hydrogen) atoms. The van der Waals surface area contributed by atoms with Crippen LogP contribution in [0.15, 0.2) is 18.2 Å². The zero-order valence-corrected chi connectivity index (χ0v) is 23.5. The summed E-state index contributed by atoms with van der Waals surface area (Å²) in [6.45, 7) is 5.82. The lowest BCUT2D eigenvalue weighted by Crippen LogP contribution is -2.39. The number of hydrogen-bond acceptors (Lipinski definition) is 6. The van der Waals surface area contributed by atoms with Gasteiger partial charge >= 0.3 is 17.7 Å². The summed E-state index contributed by atoms with van der Waals surface area (Å²) in [6, 6.07) is 6.01. The Morgan fingerprint density at radius 2 is 1.95 bits per heavy atom. The molecule has 3 rings (SSSR count). The van der Waals surface area contributed by atoms with E-state index in [2.05, 4.69) is 23.3 Å². The third-order valence-corrected chi connectivity index (χ3v) is 7.27. The number of carbonyl (C=O) groups is 1. The van der Waals surface area contributed by atoms with E-state index in [0.29, 0.717) is 18.8 Å². The van der Waals surface area contributed by atoms with Gasteiger partial charge in [-0.05, 0) is 55.7 Å². The average Bonchev–Trinajstić information content (AvgIpc) is 3.23. The van der Waals surface area contributed by atoms with E-state index in [1.807, 2.05) is 0 Å². The lowest BCUT2D eigenvalue weighted by molar-refractivity contribution is -0.211. The Hall–Kier alpha value is -3.27. The normalized spacial score (nSPS) is 20.6. The predicted octanol–water partition coefficient (Wildman–Crippen LogP) is 5.49. The first-order chi connectivity index (χ1) is 19.8. The molecule has 1 saturated carbocycles. The lowest BCUT2D eigenvalue weighted by Gasteiger charge is -2.33. The summed E-state index contributed by atoms with van der Waals surface area (Å²) in [5.41, 5.74) is -3.42. The summed E-state index contributed by atoms with van der Waals surface area (Å²) >= 11 is -0.750. The monoisotopic (exact) mass is 589 g/mol. The lowest BCUT2D eigenvalue weighted by atomic mass is 9.72. The van der Waals surface area contributed by atoms with Gasteiger partial charge in [0, 0.05) is 13.0 Å². The molecule has 0 atom stereocenters. The largest absolute Gasteiger partial charge is 0.495 e. The van der Waals surface area contributed by atoms with Gasteiger partial charge in [-0.2, -0.15) is 31.2 Å². The minimum Gasteiger partial charge on any atom is -0.495 e. The van der Waals surface area contributed by atoms with Gasteiger partial charge in [0.1, 0.15) is 11.6 Å². The number of imidazole rings is 1. The van der Waals surface area contributed by atoms with Crippen molar-refractivity contribution in [3.8, 4) is 17.5 Å². The maximum Gasteiger partial charge on any atom is 0.394 e. The van der Waals surface area contributed by atoms with E-state index in [0.717, 1.165) is 37.3 Å². The molecule has 1 amide bonds. The number of carbonyl (C=O) groups excluding carboxylic acids is 1. The number of aryl methyl sites for hydroxylation is 1. The van der Waals surface area contributed by atoms with Crippen molar-refractivity contribution >= 4 is 17.5 Å². The summed E-state index contributed by atoms with van der Waals surface area (Å²) in [5.74, 6) is -1.75. The maximum absolute atomic E-state index is 15.8. The van der Waals surface area contributed by atoms with Gasteiger partial charge in [-0.3, -0.25) is 9.36 Å². The number of alkyl halides is 3. The van der Waals surface area contributed by atoms with E-state index in [4.69, 9.17) is 17.3 Å². The van der Waals surface area contributed by atoms with Gasteiger partial charge in [-0.25, -0.2) is 4.98 Å². The third kappa shape index (κ3) is 7.47. The molecule has 1 aromatic heterocycles. The number of methoxy groups -OCH3 is 1. The van der Waals surface area contributed by atoms with Gasteiger partial charge < -0.3 is 10.1 Å². The van der Waals surface area contributed by atoms with Crippen molar-refractivity contribution in [2.75, 3.05) is 13.6 Å². The van der Waals surface area contributed by atoms with Crippen molar-refractivity contribution in [2.45, 2.75) is 72.4 Å². The van der Waals surface area contributed by atoms with Gasteiger partial charge in [0.25, 0.3) is 5.91 Å². The van der Waals surface area contributed by atoms with Crippen LogP contribution in [-0.2, 0) is 24.4 Å². The number of aromatic nitrogens is 2. The van der Waals surface area contributed by atoms with E-state index in [1.54, 1.807) is 6.92 Å². The number of rotatable bonds is 8. The van der Waals surface area contributed by atoms with E-state index < -0.39 is 59.6 Å². The smallest absolute Gasteiger partial charge is 0.394 e. The Morgan fingerprint density at radius 3 is 2.48 bits per heavy atom. The molecule has 0 aliphatic heterocycles. The number of hydrogen-bond donors (Lipinski definition) is 1. The Bertz CT molecular complexity index is 1380. The molecule has 2 aromatic rings. The fraction of sp³-hybridized carbons (Fsp3) is 0.593. The molecule has 0 saturated heterocycles. The van der Waals surface area contributed by atoms with E-state index in [9.17, 15) is 23.2 Å². The molecule has 1 aliphatic carbocycles. The highest BCUT2D eigenvalue weighted by Gasteiger charge is 2.47. The average molecular weight is 590 g/mol. The topological polar surface area (TPSA) is 114 Å². The van der Waals surface area contributed by atoms with E-state index in [1.165, 1.54) is 12.1 Å². The standard InChI is InChI=1S/C27H34F4N4O2.O2S/c1-6-21-34-22(24(36)33-16-26(15-32)11-9-17(2)10-12-26)23(28)35(21)19-8-7-18(13-20(19)37-5)14-25(3,4)27(29,30)31;1-3-2/h7-8,13,17H,6,9-12,14,16H2,1-5H3,(H,33,36);/i5D3;. The van der Waals surface area contributed by atoms with Gasteiger partial charge in [-0.1, -0.05) is 33.8 Å². The number of ether oxygens (including phenoxy) is 1. The van der Waals surface area contributed by atoms with E-state index >= 15 is 4.39 Å². The van der Waals surface area contributed by atoms with Crippen molar-refractivity contribution in [1.82, 2.24) is 14.9 Å². The molecule has 1 heterocycles. The Balaban J connectivity index is 0.00000206. The van der Waals surface area contributed by atoms with Crippen LogP contribution < -0.4 is 10.1 Å². The maximum atomic E-state index is 15.8. The summed E-state index contributed by atoms with van der Waals surface area (Å²) < 4.78 is 101. The fourth-order valence-electron chi connectivity index (χ4n) is 4.59. The van der Waals surface area contributed by atoms with Crippen molar-refractivity contribution in [3.05, 3.63) is 41.2 Å². The second kappa shape index (κ2) is 13.4. The number of halogens is 4. The predicted molar refractivity (Wildman–Crippen MR) is 140 cm³/mol. The number of nitrogens with one attached hydrogen (secondary N) is 1. The van der Waals surface area contributed by atoms with Crippen molar-refractivity contribution in [3.63, 3.8) is 0 Å². The van der Waals surface area contributed by atoms with Crippen LogP contribution in [0, 0.1) is 34.0 Å². The summed E-state index contributed by atoms with van der Waals surface area (Å²) in [4.78, 5) is 17.1. The van der Waals surface area contributed by atoms with Crippen molar-refractivity contribution in [2.24, 2.45) is 16.7 Å². The third-order valence-electron chi connectivity index (χ3n) is 7.27. The van der Waals surface area contributed by atoms with Gasteiger partial charge in [0.15, 0.2) is 5.69 Å². The van der Waals surface area contributed by atoms with Crippen molar-refractivity contribution in [1.29, 1.82) is 5.26 Å². The van der Waals surface area contributed by atoms with Gasteiger partial charge in [0.2, 0.25) is 5.95 Å². The van der Waals surface area contributed by atoms with Crippen LogP contribution in [0.4, 0.5) is 17.6 Å². The van der Waals surface area contributed by atoms with Crippen LogP contribution in [-0.4, -0.2) is 43.6 Å². The van der Waals surface area contributed by atoms with Crippen molar-refractivity contribution < 1.29 is 39.6 Å². The molecular formula is C27H34F4N4O4S. The molecule has 0 unspecified atom stereocenters. The molecular weight excluding hydrogens is 552 g/mol. The minimum atomic E-state index is -4.52. The second-order valence-electron chi connectivity index (χ2n) is 10.6. The number of amides is 1. The molecule has 1 aromatic carbocycles. The van der Waals surface area contributed by atoms with Crippen LogP contribution in [0.25, 0.3) is 5.69 Å². The van der Waals surface area contributed by atoms with Gasteiger partial charge in [0.05, 0.1) is 33.7 Å². The highest BCUT2D eigenvalue weighted by molar-refractivity contribution is 7.51. The van der Waals surface area contributed by atoms with Crippen LogP contribution in [0.2, 0.25) is 0 Å². The molecule has 8 nitrogen and oxygen atoms in total. The summed E-state index contributed by atoms with van der Waals surface area (Å²) in [5, 5.41) is 12.4.